The Bertz CT molecular complexity index is 826. The number of amides is 2. The summed E-state index contributed by atoms with van der Waals surface area (Å²) in [7, 11) is 0. The SMILES string of the molecule is CCCn1cnc2cc(NC(=O)N(CCO)Cc3ccco3)ccc21. The van der Waals surface area contributed by atoms with Crippen LogP contribution in [0.3, 0.4) is 0 Å². The fourth-order valence-electron chi connectivity index (χ4n) is 2.73. The zero-order valence-electron chi connectivity index (χ0n) is 14.2. The van der Waals surface area contributed by atoms with Crippen molar-refractivity contribution in [2.24, 2.45) is 0 Å². The number of furan rings is 1. The van der Waals surface area contributed by atoms with E-state index in [0.717, 1.165) is 24.0 Å². The second kappa shape index (κ2) is 7.85. The van der Waals surface area contributed by atoms with Gasteiger partial charge in [-0.25, -0.2) is 9.78 Å². The Morgan fingerprint density at radius 1 is 1.40 bits per heavy atom. The fraction of sp³-hybridized carbons (Fsp3) is 0.333. The first-order chi connectivity index (χ1) is 12.2. The van der Waals surface area contributed by atoms with Crippen LogP contribution in [0.1, 0.15) is 19.1 Å². The van der Waals surface area contributed by atoms with E-state index in [1.54, 1.807) is 18.4 Å². The minimum Gasteiger partial charge on any atom is -0.467 e. The van der Waals surface area contributed by atoms with E-state index in [1.807, 2.05) is 24.5 Å². The predicted molar refractivity (Wildman–Crippen MR) is 95.2 cm³/mol. The van der Waals surface area contributed by atoms with Crippen LogP contribution in [0, 0.1) is 0 Å². The summed E-state index contributed by atoms with van der Waals surface area (Å²) in [5, 5.41) is 12.1. The van der Waals surface area contributed by atoms with Crippen LogP contribution in [0.25, 0.3) is 11.0 Å². The lowest BCUT2D eigenvalue weighted by Gasteiger charge is -2.21. The first-order valence-corrected chi connectivity index (χ1v) is 8.35. The topological polar surface area (TPSA) is 83.5 Å². The lowest BCUT2D eigenvalue weighted by Crippen LogP contribution is -2.36. The van der Waals surface area contributed by atoms with Crippen LogP contribution in [0.2, 0.25) is 0 Å². The number of rotatable bonds is 7. The zero-order chi connectivity index (χ0) is 17.6. The largest absolute Gasteiger partial charge is 0.467 e. The third-order valence-electron chi connectivity index (χ3n) is 3.92. The highest BCUT2D eigenvalue weighted by Crippen LogP contribution is 2.19. The van der Waals surface area contributed by atoms with Gasteiger partial charge in [0, 0.05) is 18.8 Å². The van der Waals surface area contributed by atoms with Crippen molar-refractivity contribution in [1.82, 2.24) is 14.5 Å². The summed E-state index contributed by atoms with van der Waals surface area (Å²) in [5.74, 6) is 0.664. The molecule has 0 saturated heterocycles. The normalized spacial score (nSPS) is 11.0. The summed E-state index contributed by atoms with van der Waals surface area (Å²) < 4.78 is 7.37. The van der Waals surface area contributed by atoms with Gasteiger partial charge in [-0.1, -0.05) is 6.92 Å². The number of fused-ring (bicyclic) bond motifs is 1. The number of aliphatic hydroxyl groups excluding tert-OH is 1. The molecule has 0 unspecified atom stereocenters. The highest BCUT2D eigenvalue weighted by Gasteiger charge is 2.15. The van der Waals surface area contributed by atoms with Crippen molar-refractivity contribution in [2.45, 2.75) is 26.4 Å². The second-order valence-electron chi connectivity index (χ2n) is 5.80. The maximum Gasteiger partial charge on any atom is 0.322 e. The molecule has 0 aliphatic heterocycles. The van der Waals surface area contributed by atoms with E-state index in [2.05, 4.69) is 21.8 Å². The molecular weight excluding hydrogens is 320 g/mol. The van der Waals surface area contributed by atoms with E-state index in [9.17, 15) is 9.90 Å². The van der Waals surface area contributed by atoms with E-state index in [1.165, 1.54) is 4.90 Å². The molecule has 7 heteroatoms. The number of imidazole rings is 1. The van der Waals surface area contributed by atoms with E-state index in [-0.39, 0.29) is 19.2 Å². The molecule has 132 valence electrons. The molecule has 2 heterocycles. The third-order valence-corrected chi connectivity index (χ3v) is 3.92. The van der Waals surface area contributed by atoms with Gasteiger partial charge in [-0.15, -0.1) is 0 Å². The fourth-order valence-corrected chi connectivity index (χ4v) is 2.73. The van der Waals surface area contributed by atoms with Crippen molar-refractivity contribution < 1.29 is 14.3 Å². The van der Waals surface area contributed by atoms with E-state index < -0.39 is 0 Å². The monoisotopic (exact) mass is 342 g/mol. The molecule has 0 radical (unpaired) electrons. The number of benzene rings is 1. The Kier molecular flexibility index (Phi) is 5.35. The number of nitrogens with zero attached hydrogens (tertiary/aromatic N) is 3. The molecule has 2 aromatic heterocycles. The Morgan fingerprint density at radius 3 is 3.00 bits per heavy atom. The Hall–Kier alpha value is -2.80. The Labute approximate surface area is 145 Å². The molecule has 3 aromatic rings. The van der Waals surface area contributed by atoms with Crippen molar-refractivity contribution in [3.63, 3.8) is 0 Å². The molecule has 7 nitrogen and oxygen atoms in total. The first-order valence-electron chi connectivity index (χ1n) is 8.35. The maximum atomic E-state index is 12.5. The highest BCUT2D eigenvalue weighted by molar-refractivity contribution is 5.92. The number of aromatic nitrogens is 2. The van der Waals surface area contributed by atoms with Crippen molar-refractivity contribution in [3.8, 4) is 0 Å². The molecule has 1 aromatic carbocycles. The van der Waals surface area contributed by atoms with Gasteiger partial charge in [0.15, 0.2) is 0 Å². The average molecular weight is 342 g/mol. The van der Waals surface area contributed by atoms with Crippen LogP contribution in [0.5, 0.6) is 0 Å². The third kappa shape index (κ3) is 4.00. The molecule has 2 N–H and O–H groups in total. The van der Waals surface area contributed by atoms with Gasteiger partial charge in [0.25, 0.3) is 0 Å². The first kappa shape index (κ1) is 17.0. The van der Waals surface area contributed by atoms with Crippen molar-refractivity contribution in [1.29, 1.82) is 0 Å². The predicted octanol–water partition coefficient (Wildman–Crippen LogP) is 3.07. The van der Waals surface area contributed by atoms with Crippen molar-refractivity contribution in [3.05, 3.63) is 48.7 Å². The molecule has 0 aliphatic carbocycles. The van der Waals surface area contributed by atoms with Crippen molar-refractivity contribution >= 4 is 22.8 Å². The Balaban J connectivity index is 1.72. The number of carbonyl (C=O) groups is 1. The molecule has 25 heavy (non-hydrogen) atoms. The summed E-state index contributed by atoms with van der Waals surface area (Å²) in [4.78, 5) is 18.4. The number of nitrogens with one attached hydrogen (secondary N) is 1. The van der Waals surface area contributed by atoms with Gasteiger partial charge in [-0.2, -0.15) is 0 Å². The van der Waals surface area contributed by atoms with Gasteiger partial charge < -0.3 is 24.3 Å². The van der Waals surface area contributed by atoms with Crippen LogP contribution >= 0.6 is 0 Å². The minimum atomic E-state index is -0.294. The molecule has 0 spiro atoms. The Morgan fingerprint density at radius 2 is 2.28 bits per heavy atom. The van der Waals surface area contributed by atoms with Gasteiger partial charge in [0.1, 0.15) is 5.76 Å². The maximum absolute atomic E-state index is 12.5. The van der Waals surface area contributed by atoms with Gasteiger partial charge in [0.05, 0.1) is 36.8 Å². The standard InChI is InChI=1S/C18H22N4O3/c1-2-7-22-13-19-16-11-14(5-6-17(16)22)20-18(24)21(8-9-23)12-15-4-3-10-25-15/h3-6,10-11,13,23H,2,7-9,12H2,1H3,(H,20,24). The molecule has 2 amide bonds. The van der Waals surface area contributed by atoms with Crippen molar-refractivity contribution in [2.75, 3.05) is 18.5 Å². The number of hydrogen-bond acceptors (Lipinski definition) is 4. The molecule has 0 bridgehead atoms. The number of aliphatic hydroxyl groups is 1. The van der Waals surface area contributed by atoms with Crippen LogP contribution in [0.4, 0.5) is 10.5 Å². The smallest absolute Gasteiger partial charge is 0.322 e. The lowest BCUT2D eigenvalue weighted by molar-refractivity contribution is 0.180. The minimum absolute atomic E-state index is 0.116. The molecule has 0 fully saturated rings. The van der Waals surface area contributed by atoms with Gasteiger partial charge in [0.2, 0.25) is 0 Å². The summed E-state index contributed by atoms with van der Waals surface area (Å²) in [6, 6.07) is 8.94. The quantitative estimate of drug-likeness (QED) is 0.691. The molecular formula is C18H22N4O3. The van der Waals surface area contributed by atoms with Crippen LogP contribution in [-0.4, -0.2) is 38.7 Å². The second-order valence-corrected chi connectivity index (χ2v) is 5.80. The average Bonchev–Trinajstić information content (AvgIpc) is 3.25. The van der Waals surface area contributed by atoms with Gasteiger partial charge >= 0.3 is 6.03 Å². The van der Waals surface area contributed by atoms with Gasteiger partial charge in [-0.3, -0.25) is 0 Å². The van der Waals surface area contributed by atoms with E-state index >= 15 is 0 Å². The number of anilines is 1. The molecule has 0 saturated carbocycles. The van der Waals surface area contributed by atoms with E-state index in [0.29, 0.717) is 18.0 Å². The number of urea groups is 1. The van der Waals surface area contributed by atoms with Crippen LogP contribution < -0.4 is 5.32 Å². The highest BCUT2D eigenvalue weighted by atomic mass is 16.3. The summed E-state index contributed by atoms with van der Waals surface area (Å²) >= 11 is 0. The summed E-state index contributed by atoms with van der Waals surface area (Å²) in [6.45, 7) is 3.44. The molecule has 3 rings (SSSR count). The van der Waals surface area contributed by atoms with Gasteiger partial charge in [-0.05, 0) is 36.8 Å². The number of aryl methyl sites for hydroxylation is 1. The molecule has 0 aliphatic rings. The zero-order valence-corrected chi connectivity index (χ0v) is 14.2. The van der Waals surface area contributed by atoms with Crippen LogP contribution in [0.15, 0.2) is 47.3 Å². The summed E-state index contributed by atoms with van der Waals surface area (Å²) in [6.07, 6.45) is 4.41. The summed E-state index contributed by atoms with van der Waals surface area (Å²) in [5.41, 5.74) is 2.55. The molecule has 0 atom stereocenters. The lowest BCUT2D eigenvalue weighted by atomic mass is 10.2. The van der Waals surface area contributed by atoms with E-state index in [4.69, 9.17) is 4.42 Å². The number of hydrogen-bond donors (Lipinski definition) is 2. The number of carbonyl (C=O) groups excluding carboxylic acids is 1. The van der Waals surface area contributed by atoms with Crippen LogP contribution in [-0.2, 0) is 13.1 Å².